The van der Waals surface area contributed by atoms with E-state index in [-0.39, 0.29) is 0 Å². The van der Waals surface area contributed by atoms with E-state index in [0.29, 0.717) is 45.2 Å². The molecule has 7 heteroatoms. The van der Waals surface area contributed by atoms with Gasteiger partial charge in [0.15, 0.2) is 0 Å². The highest BCUT2D eigenvalue weighted by atomic mass is 32.2. The van der Waals surface area contributed by atoms with Crippen molar-refractivity contribution in [2.45, 2.75) is 19.3 Å². The minimum absolute atomic E-state index is 0.456. The summed E-state index contributed by atoms with van der Waals surface area (Å²) in [6.07, 6.45) is 4.46. The van der Waals surface area contributed by atoms with Gasteiger partial charge in [-0.3, -0.25) is 0 Å². The van der Waals surface area contributed by atoms with Gasteiger partial charge >= 0.3 is 0 Å². The Hall–Kier alpha value is -0.470. The first-order valence-corrected chi connectivity index (χ1v) is 8.59. The molecule has 0 aromatic rings. The van der Waals surface area contributed by atoms with E-state index in [9.17, 15) is 8.42 Å². The van der Waals surface area contributed by atoms with E-state index in [4.69, 9.17) is 10.5 Å². The van der Waals surface area contributed by atoms with E-state index >= 15 is 0 Å². The average Bonchev–Trinajstić information content (AvgIpc) is 2.48. The summed E-state index contributed by atoms with van der Waals surface area (Å²) >= 11 is 0. The molecule has 0 radical (unpaired) electrons. The van der Waals surface area contributed by atoms with Gasteiger partial charge in [0.1, 0.15) is 0 Å². The SMILES string of the molecule is COCC1=CCN(S(=O)(=O)N2CCC(CN)CC2)CC1. The predicted molar refractivity (Wildman–Crippen MR) is 78.4 cm³/mol. The van der Waals surface area contributed by atoms with Crippen LogP contribution in [0, 0.1) is 5.92 Å². The minimum Gasteiger partial charge on any atom is -0.380 e. The van der Waals surface area contributed by atoms with Gasteiger partial charge in [-0.2, -0.15) is 17.0 Å². The summed E-state index contributed by atoms with van der Waals surface area (Å²) < 4.78 is 33.4. The Kier molecular flexibility index (Phi) is 5.57. The lowest BCUT2D eigenvalue weighted by molar-refractivity contribution is 0.217. The molecule has 0 aliphatic carbocycles. The molecule has 116 valence electrons. The summed E-state index contributed by atoms with van der Waals surface area (Å²) in [7, 11) is -1.66. The van der Waals surface area contributed by atoms with Crippen molar-refractivity contribution in [1.29, 1.82) is 0 Å². The monoisotopic (exact) mass is 303 g/mol. The van der Waals surface area contributed by atoms with Gasteiger partial charge in [0, 0.05) is 33.3 Å². The highest BCUT2D eigenvalue weighted by Gasteiger charge is 2.33. The fourth-order valence-corrected chi connectivity index (χ4v) is 4.34. The molecule has 0 atom stereocenters. The van der Waals surface area contributed by atoms with Gasteiger partial charge in [0.2, 0.25) is 0 Å². The highest BCUT2D eigenvalue weighted by Crippen LogP contribution is 2.22. The van der Waals surface area contributed by atoms with Crippen molar-refractivity contribution in [1.82, 2.24) is 8.61 Å². The molecule has 1 fully saturated rings. The van der Waals surface area contributed by atoms with Gasteiger partial charge in [-0.25, -0.2) is 0 Å². The first-order valence-electron chi connectivity index (χ1n) is 7.20. The standard InChI is InChI=1S/C13H25N3O3S/c1-19-11-13-4-8-16(9-5-13)20(17,18)15-6-2-12(10-14)3-7-15/h4,12H,2-3,5-11,14H2,1H3. The molecular weight excluding hydrogens is 278 g/mol. The molecule has 0 aromatic carbocycles. The van der Waals surface area contributed by atoms with Crippen molar-refractivity contribution in [3.05, 3.63) is 11.6 Å². The highest BCUT2D eigenvalue weighted by molar-refractivity contribution is 7.86. The molecule has 1 saturated heterocycles. The van der Waals surface area contributed by atoms with E-state index < -0.39 is 10.2 Å². The number of ether oxygens (including phenoxy) is 1. The van der Waals surface area contributed by atoms with Gasteiger partial charge < -0.3 is 10.5 Å². The molecule has 2 aliphatic rings. The zero-order valence-electron chi connectivity index (χ0n) is 12.1. The van der Waals surface area contributed by atoms with Crippen LogP contribution in [0.25, 0.3) is 0 Å². The Balaban J connectivity index is 1.95. The molecule has 20 heavy (non-hydrogen) atoms. The summed E-state index contributed by atoms with van der Waals surface area (Å²) in [5.74, 6) is 0.469. The molecular formula is C13H25N3O3S. The van der Waals surface area contributed by atoms with Crippen molar-refractivity contribution < 1.29 is 13.2 Å². The van der Waals surface area contributed by atoms with Crippen LogP contribution in [0.1, 0.15) is 19.3 Å². The summed E-state index contributed by atoms with van der Waals surface area (Å²) in [4.78, 5) is 0. The summed E-state index contributed by atoms with van der Waals surface area (Å²) in [6.45, 7) is 3.44. The van der Waals surface area contributed by atoms with Crippen LogP contribution in [0.4, 0.5) is 0 Å². The first kappa shape index (κ1) is 15.9. The van der Waals surface area contributed by atoms with E-state index in [1.54, 1.807) is 15.7 Å². The molecule has 0 amide bonds. The fraction of sp³-hybridized carbons (Fsp3) is 0.846. The summed E-state index contributed by atoms with van der Waals surface area (Å²) in [5, 5.41) is 0. The second kappa shape index (κ2) is 7.00. The lowest BCUT2D eigenvalue weighted by atomic mass is 9.99. The molecule has 6 nitrogen and oxygen atoms in total. The smallest absolute Gasteiger partial charge is 0.282 e. The predicted octanol–water partition coefficient (Wildman–Crippen LogP) is 0.180. The number of rotatable bonds is 5. The zero-order chi connectivity index (χ0) is 14.6. The van der Waals surface area contributed by atoms with Crippen molar-refractivity contribution >= 4 is 10.2 Å². The van der Waals surface area contributed by atoms with Gasteiger partial charge in [-0.05, 0) is 37.3 Å². The summed E-state index contributed by atoms with van der Waals surface area (Å²) in [6, 6.07) is 0. The van der Waals surface area contributed by atoms with Crippen LogP contribution in [0.15, 0.2) is 11.6 Å². The van der Waals surface area contributed by atoms with Gasteiger partial charge in [-0.1, -0.05) is 6.08 Å². The van der Waals surface area contributed by atoms with Crippen LogP contribution in [0.3, 0.4) is 0 Å². The Morgan fingerprint density at radius 3 is 2.50 bits per heavy atom. The van der Waals surface area contributed by atoms with Gasteiger partial charge in [-0.15, -0.1) is 0 Å². The second-order valence-corrected chi connectivity index (χ2v) is 7.42. The average molecular weight is 303 g/mol. The molecule has 2 heterocycles. The Bertz CT molecular complexity index is 442. The van der Waals surface area contributed by atoms with Crippen LogP contribution >= 0.6 is 0 Å². The largest absolute Gasteiger partial charge is 0.380 e. The van der Waals surface area contributed by atoms with Crippen molar-refractivity contribution in [3.8, 4) is 0 Å². The number of piperidine rings is 1. The van der Waals surface area contributed by atoms with Crippen LogP contribution < -0.4 is 5.73 Å². The number of nitrogens with zero attached hydrogens (tertiary/aromatic N) is 2. The molecule has 0 spiro atoms. The molecule has 2 rings (SSSR count). The lowest BCUT2D eigenvalue weighted by Crippen LogP contribution is -2.49. The van der Waals surface area contributed by atoms with Crippen molar-refractivity contribution in [2.24, 2.45) is 11.7 Å². The second-order valence-electron chi connectivity index (χ2n) is 5.49. The zero-order valence-corrected chi connectivity index (χ0v) is 12.9. The summed E-state index contributed by atoms with van der Waals surface area (Å²) in [5.41, 5.74) is 6.83. The molecule has 2 N–H and O–H groups in total. The molecule has 0 bridgehead atoms. The topological polar surface area (TPSA) is 75.9 Å². The maximum absolute atomic E-state index is 12.6. The van der Waals surface area contributed by atoms with E-state index in [1.165, 1.54) is 5.57 Å². The van der Waals surface area contributed by atoms with Gasteiger partial charge in [0.25, 0.3) is 10.2 Å². The number of nitrogens with two attached hydrogens (primary N) is 1. The third-order valence-electron chi connectivity index (χ3n) is 4.16. The van der Waals surface area contributed by atoms with Crippen LogP contribution in [0.2, 0.25) is 0 Å². The number of methoxy groups -OCH3 is 1. The third-order valence-corrected chi connectivity index (χ3v) is 6.16. The van der Waals surface area contributed by atoms with E-state index in [0.717, 1.165) is 19.3 Å². The maximum Gasteiger partial charge on any atom is 0.282 e. The fourth-order valence-electron chi connectivity index (χ4n) is 2.76. The van der Waals surface area contributed by atoms with Crippen molar-refractivity contribution in [2.75, 3.05) is 46.4 Å². The number of hydrogen-bond acceptors (Lipinski definition) is 4. The van der Waals surface area contributed by atoms with Crippen LogP contribution in [-0.2, 0) is 14.9 Å². The normalized spacial score (nSPS) is 23.8. The van der Waals surface area contributed by atoms with Gasteiger partial charge in [0.05, 0.1) is 6.61 Å². The third kappa shape index (κ3) is 3.59. The lowest BCUT2D eigenvalue weighted by Gasteiger charge is -2.35. The van der Waals surface area contributed by atoms with E-state index in [2.05, 4.69) is 0 Å². The Labute approximate surface area is 121 Å². The number of hydrogen-bond donors (Lipinski definition) is 1. The first-order chi connectivity index (χ1) is 9.57. The molecule has 0 unspecified atom stereocenters. The molecule has 2 aliphatic heterocycles. The van der Waals surface area contributed by atoms with E-state index in [1.807, 2.05) is 6.08 Å². The Morgan fingerprint density at radius 1 is 1.30 bits per heavy atom. The molecule has 0 saturated carbocycles. The van der Waals surface area contributed by atoms with Crippen LogP contribution in [0.5, 0.6) is 0 Å². The quantitative estimate of drug-likeness (QED) is 0.735. The van der Waals surface area contributed by atoms with Crippen molar-refractivity contribution in [3.63, 3.8) is 0 Å². The van der Waals surface area contributed by atoms with Crippen LogP contribution in [-0.4, -0.2) is 63.5 Å². The molecule has 0 aromatic heterocycles. The Morgan fingerprint density at radius 2 is 2.00 bits per heavy atom. The maximum atomic E-state index is 12.6. The minimum atomic E-state index is -3.31.